The van der Waals surface area contributed by atoms with Gasteiger partial charge in [0.25, 0.3) is 0 Å². The summed E-state index contributed by atoms with van der Waals surface area (Å²) in [7, 11) is -2.17. The van der Waals surface area contributed by atoms with Crippen molar-refractivity contribution in [3.8, 4) is 0 Å². The summed E-state index contributed by atoms with van der Waals surface area (Å²) >= 11 is 5.90. The minimum absolute atomic E-state index is 0.148. The van der Waals surface area contributed by atoms with Gasteiger partial charge in [-0.2, -0.15) is 4.31 Å². The van der Waals surface area contributed by atoms with Gasteiger partial charge >= 0.3 is 0 Å². The normalized spacial score (nSPS) is 12.0. The van der Waals surface area contributed by atoms with Crippen LogP contribution in [0.3, 0.4) is 0 Å². The standard InChI is InChI=1S/C14H17ClN2O3S/c1-9-6-12(15)13(16)7-14(9)21(18,19)17(3)8-11-5-4-10(2)20-11/h4-7H,8,16H2,1-3H3. The monoisotopic (exact) mass is 328 g/mol. The molecular weight excluding hydrogens is 312 g/mol. The molecule has 0 aliphatic rings. The highest BCUT2D eigenvalue weighted by Crippen LogP contribution is 2.28. The summed E-state index contributed by atoms with van der Waals surface area (Å²) in [5.74, 6) is 1.32. The zero-order valence-electron chi connectivity index (χ0n) is 12.1. The van der Waals surface area contributed by atoms with Gasteiger partial charge in [0.2, 0.25) is 10.0 Å². The number of hydrogen-bond donors (Lipinski definition) is 1. The SMILES string of the molecule is Cc1ccc(CN(C)S(=O)(=O)c2cc(N)c(Cl)cc2C)o1. The second kappa shape index (κ2) is 5.71. The van der Waals surface area contributed by atoms with Crippen molar-refractivity contribution in [1.29, 1.82) is 0 Å². The lowest BCUT2D eigenvalue weighted by Crippen LogP contribution is -2.27. The Morgan fingerprint density at radius 1 is 1.29 bits per heavy atom. The van der Waals surface area contributed by atoms with Gasteiger partial charge in [-0.1, -0.05) is 11.6 Å². The van der Waals surface area contributed by atoms with Gasteiger partial charge < -0.3 is 10.2 Å². The molecule has 0 saturated carbocycles. The van der Waals surface area contributed by atoms with Gasteiger partial charge in [0.15, 0.2) is 0 Å². The lowest BCUT2D eigenvalue weighted by atomic mass is 10.2. The summed E-state index contributed by atoms with van der Waals surface area (Å²) in [5, 5.41) is 0.343. The average molecular weight is 329 g/mol. The van der Waals surface area contributed by atoms with Gasteiger partial charge in [-0.3, -0.25) is 0 Å². The Bertz CT molecular complexity index is 769. The van der Waals surface area contributed by atoms with E-state index in [1.165, 1.54) is 17.4 Å². The van der Waals surface area contributed by atoms with Crippen LogP contribution in [-0.4, -0.2) is 19.8 Å². The van der Waals surface area contributed by atoms with Gasteiger partial charge in [-0.25, -0.2) is 8.42 Å². The van der Waals surface area contributed by atoms with Crippen LogP contribution in [0.1, 0.15) is 17.1 Å². The van der Waals surface area contributed by atoms with E-state index in [0.29, 0.717) is 16.3 Å². The summed E-state index contributed by atoms with van der Waals surface area (Å²) in [6.45, 7) is 3.64. The molecule has 0 atom stereocenters. The first-order chi connectivity index (χ1) is 9.71. The molecule has 0 amide bonds. The number of nitrogens with two attached hydrogens (primary N) is 1. The minimum atomic E-state index is -3.66. The van der Waals surface area contributed by atoms with E-state index in [4.69, 9.17) is 21.8 Å². The smallest absolute Gasteiger partial charge is 0.243 e. The number of hydrogen-bond acceptors (Lipinski definition) is 4. The van der Waals surface area contributed by atoms with Crippen molar-refractivity contribution in [1.82, 2.24) is 4.31 Å². The number of aryl methyl sites for hydroxylation is 2. The first-order valence-electron chi connectivity index (χ1n) is 6.29. The Labute approximate surface area is 129 Å². The van der Waals surface area contributed by atoms with E-state index in [2.05, 4.69) is 0 Å². The van der Waals surface area contributed by atoms with Crippen LogP contribution in [-0.2, 0) is 16.6 Å². The van der Waals surface area contributed by atoms with Crippen LogP contribution in [0.4, 0.5) is 5.69 Å². The quantitative estimate of drug-likeness (QED) is 0.875. The van der Waals surface area contributed by atoms with Crippen LogP contribution >= 0.6 is 11.6 Å². The van der Waals surface area contributed by atoms with E-state index < -0.39 is 10.0 Å². The molecule has 2 rings (SSSR count). The van der Waals surface area contributed by atoms with Crippen molar-refractivity contribution >= 4 is 27.3 Å². The van der Waals surface area contributed by atoms with E-state index in [-0.39, 0.29) is 17.1 Å². The third-order valence-electron chi connectivity index (χ3n) is 3.16. The molecule has 0 radical (unpaired) electrons. The lowest BCUT2D eigenvalue weighted by molar-refractivity contribution is 0.397. The largest absolute Gasteiger partial charge is 0.465 e. The molecule has 2 aromatic rings. The van der Waals surface area contributed by atoms with Crippen molar-refractivity contribution < 1.29 is 12.8 Å². The lowest BCUT2D eigenvalue weighted by Gasteiger charge is -2.18. The number of sulfonamides is 1. The Kier molecular flexibility index (Phi) is 4.32. The van der Waals surface area contributed by atoms with Crippen molar-refractivity contribution in [2.45, 2.75) is 25.3 Å². The second-order valence-electron chi connectivity index (χ2n) is 4.91. The third kappa shape index (κ3) is 3.23. The Balaban J connectivity index is 2.35. The number of rotatable bonds is 4. The van der Waals surface area contributed by atoms with Gasteiger partial charge in [-0.05, 0) is 43.7 Å². The fraction of sp³-hybridized carbons (Fsp3) is 0.286. The number of benzene rings is 1. The van der Waals surface area contributed by atoms with Crippen LogP contribution in [0.25, 0.3) is 0 Å². The number of nitrogen functional groups attached to an aromatic ring is 1. The highest BCUT2D eigenvalue weighted by Gasteiger charge is 2.24. The van der Waals surface area contributed by atoms with Crippen molar-refractivity contribution in [2.75, 3.05) is 12.8 Å². The van der Waals surface area contributed by atoms with Gasteiger partial charge in [-0.15, -0.1) is 0 Å². The van der Waals surface area contributed by atoms with E-state index in [1.54, 1.807) is 25.1 Å². The summed E-state index contributed by atoms with van der Waals surface area (Å²) in [5.41, 5.74) is 6.50. The van der Waals surface area contributed by atoms with Crippen LogP contribution in [0.15, 0.2) is 33.6 Å². The Morgan fingerprint density at radius 2 is 1.95 bits per heavy atom. The Hall–Kier alpha value is -1.50. The molecule has 0 saturated heterocycles. The molecule has 0 fully saturated rings. The maximum Gasteiger partial charge on any atom is 0.243 e. The summed E-state index contributed by atoms with van der Waals surface area (Å²) < 4.78 is 31.9. The van der Waals surface area contributed by atoms with E-state index in [1.807, 2.05) is 6.92 Å². The fourth-order valence-electron chi connectivity index (χ4n) is 1.99. The van der Waals surface area contributed by atoms with E-state index >= 15 is 0 Å². The predicted molar refractivity (Wildman–Crippen MR) is 82.7 cm³/mol. The van der Waals surface area contributed by atoms with E-state index in [9.17, 15) is 8.42 Å². The number of halogens is 1. The third-order valence-corrected chi connectivity index (χ3v) is 5.43. The molecule has 5 nitrogen and oxygen atoms in total. The van der Waals surface area contributed by atoms with E-state index in [0.717, 1.165) is 5.76 Å². The Morgan fingerprint density at radius 3 is 2.52 bits per heavy atom. The number of furan rings is 1. The molecule has 7 heteroatoms. The first kappa shape index (κ1) is 15.9. The summed E-state index contributed by atoms with van der Waals surface area (Å²) in [6, 6.07) is 6.48. The molecule has 1 aromatic carbocycles. The number of anilines is 1. The highest BCUT2D eigenvalue weighted by molar-refractivity contribution is 7.89. The molecule has 2 N–H and O–H groups in total. The topological polar surface area (TPSA) is 76.5 Å². The summed E-state index contributed by atoms with van der Waals surface area (Å²) in [4.78, 5) is 0.148. The molecule has 1 heterocycles. The molecular formula is C14H17ClN2O3S. The average Bonchev–Trinajstić information content (AvgIpc) is 2.79. The van der Waals surface area contributed by atoms with Crippen molar-refractivity contribution in [3.63, 3.8) is 0 Å². The molecule has 0 aliphatic heterocycles. The van der Waals surface area contributed by atoms with Gasteiger partial charge in [0.1, 0.15) is 11.5 Å². The molecule has 0 aliphatic carbocycles. The van der Waals surface area contributed by atoms with Crippen LogP contribution in [0.5, 0.6) is 0 Å². The molecule has 1 aromatic heterocycles. The second-order valence-corrected chi connectivity index (χ2v) is 7.33. The van der Waals surface area contributed by atoms with Crippen LogP contribution in [0.2, 0.25) is 5.02 Å². The maximum atomic E-state index is 12.6. The first-order valence-corrected chi connectivity index (χ1v) is 8.11. The zero-order valence-corrected chi connectivity index (χ0v) is 13.6. The molecule has 21 heavy (non-hydrogen) atoms. The molecule has 0 spiro atoms. The predicted octanol–water partition coefficient (Wildman–Crippen LogP) is 2.95. The van der Waals surface area contributed by atoms with Crippen LogP contribution in [0, 0.1) is 13.8 Å². The molecule has 114 valence electrons. The van der Waals surface area contributed by atoms with Crippen LogP contribution < -0.4 is 5.73 Å². The van der Waals surface area contributed by atoms with Gasteiger partial charge in [0.05, 0.1) is 22.2 Å². The maximum absolute atomic E-state index is 12.6. The number of nitrogens with zero attached hydrogens (tertiary/aromatic N) is 1. The minimum Gasteiger partial charge on any atom is -0.465 e. The fourth-order valence-corrected chi connectivity index (χ4v) is 3.58. The highest BCUT2D eigenvalue weighted by atomic mass is 35.5. The van der Waals surface area contributed by atoms with Crippen molar-refractivity contribution in [2.24, 2.45) is 0 Å². The van der Waals surface area contributed by atoms with Gasteiger partial charge in [0, 0.05) is 7.05 Å². The van der Waals surface area contributed by atoms with Crippen molar-refractivity contribution in [3.05, 3.63) is 46.4 Å². The zero-order chi connectivity index (χ0) is 15.8. The molecule has 0 unspecified atom stereocenters. The molecule has 0 bridgehead atoms. The summed E-state index contributed by atoms with van der Waals surface area (Å²) in [6.07, 6.45) is 0.